The second kappa shape index (κ2) is 5.09. The summed E-state index contributed by atoms with van der Waals surface area (Å²) in [5.41, 5.74) is 0. The van der Waals surface area contributed by atoms with Gasteiger partial charge in [-0.2, -0.15) is 18.0 Å². The maximum absolute atomic E-state index is 11.0. The molecule has 0 rings (SSSR count). The molecule has 0 aliphatic rings. The molecular formula is C6H13N3O2S. The van der Waals surface area contributed by atoms with Crippen LogP contribution in [0.1, 0.15) is 12.8 Å². The van der Waals surface area contributed by atoms with Crippen molar-refractivity contribution in [3.8, 4) is 6.07 Å². The smallest absolute Gasteiger partial charge is 0.202 e. The van der Waals surface area contributed by atoms with Gasteiger partial charge in [-0.05, 0) is 6.42 Å². The quantitative estimate of drug-likeness (QED) is 0.606. The fourth-order valence-electron chi connectivity index (χ4n) is 0.498. The van der Waals surface area contributed by atoms with E-state index in [0.717, 1.165) is 4.31 Å². The molecule has 0 atom stereocenters. The van der Waals surface area contributed by atoms with Crippen LogP contribution >= 0.6 is 0 Å². The summed E-state index contributed by atoms with van der Waals surface area (Å²) in [6, 6.07) is 1.93. The number of hydrogen-bond acceptors (Lipinski definition) is 3. The lowest BCUT2D eigenvalue weighted by Gasteiger charge is -2.11. The van der Waals surface area contributed by atoms with Crippen molar-refractivity contribution < 1.29 is 8.42 Å². The molecule has 0 aromatic carbocycles. The summed E-state index contributed by atoms with van der Waals surface area (Å²) in [5, 5.41) is 8.17. The number of hydrogen-bond donors (Lipinski definition) is 1. The number of nitrogens with zero attached hydrogens (tertiary/aromatic N) is 2. The van der Waals surface area contributed by atoms with Crippen LogP contribution in [0.5, 0.6) is 0 Å². The third kappa shape index (κ3) is 4.28. The van der Waals surface area contributed by atoms with Crippen molar-refractivity contribution in [3.05, 3.63) is 0 Å². The molecule has 1 N–H and O–H groups in total. The molecule has 0 aromatic heterocycles. The van der Waals surface area contributed by atoms with E-state index in [1.165, 1.54) is 14.1 Å². The Morgan fingerprint density at radius 3 is 2.50 bits per heavy atom. The maximum Gasteiger partial charge on any atom is 0.278 e. The lowest BCUT2D eigenvalue weighted by molar-refractivity contribution is 0.504. The third-order valence-corrected chi connectivity index (χ3v) is 2.76. The van der Waals surface area contributed by atoms with Crippen molar-refractivity contribution in [3.63, 3.8) is 0 Å². The number of nitrogens with one attached hydrogen (secondary N) is 1. The van der Waals surface area contributed by atoms with Gasteiger partial charge in [0.15, 0.2) is 0 Å². The van der Waals surface area contributed by atoms with Crippen LogP contribution in [0, 0.1) is 11.3 Å². The lowest BCUT2D eigenvalue weighted by Crippen LogP contribution is -2.36. The highest BCUT2D eigenvalue weighted by atomic mass is 32.2. The molecule has 0 unspecified atom stereocenters. The maximum atomic E-state index is 11.0. The summed E-state index contributed by atoms with van der Waals surface area (Å²) in [5.74, 6) is 0. The van der Waals surface area contributed by atoms with Crippen molar-refractivity contribution in [1.82, 2.24) is 9.03 Å². The highest BCUT2D eigenvalue weighted by molar-refractivity contribution is 7.87. The van der Waals surface area contributed by atoms with E-state index in [1.54, 1.807) is 0 Å². The fraction of sp³-hybridized carbons (Fsp3) is 0.833. The van der Waals surface area contributed by atoms with E-state index >= 15 is 0 Å². The monoisotopic (exact) mass is 191 g/mol. The Labute approximate surface area is 73.2 Å². The van der Waals surface area contributed by atoms with Gasteiger partial charge in [0.05, 0.1) is 6.07 Å². The van der Waals surface area contributed by atoms with Crippen LogP contribution in [0.2, 0.25) is 0 Å². The predicted octanol–water partition coefficient (Wildman–Crippen LogP) is -0.314. The van der Waals surface area contributed by atoms with Gasteiger partial charge >= 0.3 is 0 Å². The van der Waals surface area contributed by atoms with E-state index in [9.17, 15) is 8.42 Å². The molecule has 12 heavy (non-hydrogen) atoms. The Kier molecular flexibility index (Phi) is 4.81. The van der Waals surface area contributed by atoms with Crippen LogP contribution in [0.15, 0.2) is 0 Å². The molecule has 0 aliphatic carbocycles. The highest BCUT2D eigenvalue weighted by Gasteiger charge is 2.10. The van der Waals surface area contributed by atoms with Crippen molar-refractivity contribution >= 4 is 10.2 Å². The molecule has 0 amide bonds. The number of unbranched alkanes of at least 4 members (excludes halogenated alkanes) is 1. The van der Waals surface area contributed by atoms with Crippen molar-refractivity contribution in [2.24, 2.45) is 0 Å². The van der Waals surface area contributed by atoms with Gasteiger partial charge in [0, 0.05) is 27.1 Å². The summed E-state index contributed by atoms with van der Waals surface area (Å²) in [6.45, 7) is 0.314. The minimum absolute atomic E-state index is 0.314. The Morgan fingerprint density at radius 2 is 2.08 bits per heavy atom. The summed E-state index contributed by atoms with van der Waals surface area (Å²) >= 11 is 0. The van der Waals surface area contributed by atoms with Gasteiger partial charge < -0.3 is 0 Å². The summed E-state index contributed by atoms with van der Waals surface area (Å²) in [4.78, 5) is 0. The van der Waals surface area contributed by atoms with E-state index in [1.807, 2.05) is 6.07 Å². The van der Waals surface area contributed by atoms with Gasteiger partial charge in [-0.3, -0.25) is 0 Å². The highest BCUT2D eigenvalue weighted by Crippen LogP contribution is 1.90. The van der Waals surface area contributed by atoms with Crippen LogP contribution < -0.4 is 4.72 Å². The number of nitriles is 1. The molecule has 0 bridgehead atoms. The van der Waals surface area contributed by atoms with Gasteiger partial charge in [-0.25, -0.2) is 4.72 Å². The summed E-state index contributed by atoms with van der Waals surface area (Å²) in [7, 11) is -0.403. The summed E-state index contributed by atoms with van der Waals surface area (Å²) in [6.07, 6.45) is 0.916. The summed E-state index contributed by atoms with van der Waals surface area (Å²) < 4.78 is 25.5. The fourth-order valence-corrected chi connectivity index (χ4v) is 1.16. The zero-order valence-electron chi connectivity index (χ0n) is 7.24. The SMILES string of the molecule is CN(C)S(=O)(=O)NCCCC#N. The molecular weight excluding hydrogens is 178 g/mol. The minimum Gasteiger partial charge on any atom is -0.202 e. The molecule has 0 heterocycles. The third-order valence-electron chi connectivity index (χ3n) is 1.23. The largest absolute Gasteiger partial charge is 0.278 e. The molecule has 0 radical (unpaired) electrons. The van der Waals surface area contributed by atoms with Crippen LogP contribution in [0.3, 0.4) is 0 Å². The van der Waals surface area contributed by atoms with Gasteiger partial charge in [0.1, 0.15) is 0 Å². The average molecular weight is 191 g/mol. The second-order valence-corrected chi connectivity index (χ2v) is 4.41. The molecule has 5 nitrogen and oxygen atoms in total. The van der Waals surface area contributed by atoms with E-state index in [2.05, 4.69) is 4.72 Å². The Morgan fingerprint density at radius 1 is 1.50 bits per heavy atom. The van der Waals surface area contributed by atoms with E-state index in [4.69, 9.17) is 5.26 Å². The minimum atomic E-state index is -3.30. The topological polar surface area (TPSA) is 73.2 Å². The van der Waals surface area contributed by atoms with Gasteiger partial charge in [0.25, 0.3) is 10.2 Å². The van der Waals surface area contributed by atoms with Crippen LogP contribution in [-0.2, 0) is 10.2 Å². The predicted molar refractivity (Wildman–Crippen MR) is 45.5 cm³/mol. The first-order valence-corrected chi connectivity index (χ1v) is 4.99. The zero-order chi connectivity index (χ0) is 9.61. The normalized spacial score (nSPS) is 11.5. The standard InChI is InChI=1S/C6H13N3O2S/c1-9(2)12(10,11)8-6-4-3-5-7/h8H,3-4,6H2,1-2H3. The molecule has 70 valence electrons. The Bertz CT molecular complexity index is 252. The molecule has 0 saturated carbocycles. The van der Waals surface area contributed by atoms with Crippen LogP contribution in [-0.4, -0.2) is 33.4 Å². The van der Waals surface area contributed by atoms with E-state index < -0.39 is 10.2 Å². The molecule has 0 saturated heterocycles. The average Bonchev–Trinajstić information content (AvgIpc) is 1.98. The lowest BCUT2D eigenvalue weighted by atomic mass is 10.3. The molecule has 0 fully saturated rings. The van der Waals surface area contributed by atoms with Crippen molar-refractivity contribution in [2.75, 3.05) is 20.6 Å². The Balaban J connectivity index is 3.72. The van der Waals surface area contributed by atoms with Gasteiger partial charge in [-0.1, -0.05) is 0 Å². The molecule has 6 heteroatoms. The van der Waals surface area contributed by atoms with Crippen molar-refractivity contribution in [2.45, 2.75) is 12.8 Å². The van der Waals surface area contributed by atoms with Gasteiger partial charge in [0.2, 0.25) is 0 Å². The van der Waals surface area contributed by atoms with E-state index in [0.29, 0.717) is 19.4 Å². The van der Waals surface area contributed by atoms with E-state index in [-0.39, 0.29) is 0 Å². The second-order valence-electron chi connectivity index (χ2n) is 2.44. The van der Waals surface area contributed by atoms with Crippen LogP contribution in [0.4, 0.5) is 0 Å². The Hall–Kier alpha value is -0.640. The molecule has 0 aromatic rings. The first-order valence-electron chi connectivity index (χ1n) is 3.55. The molecule has 0 spiro atoms. The zero-order valence-corrected chi connectivity index (χ0v) is 8.06. The molecule has 0 aliphatic heterocycles. The first kappa shape index (κ1) is 11.4. The van der Waals surface area contributed by atoms with Crippen LogP contribution in [0.25, 0.3) is 0 Å². The first-order chi connectivity index (χ1) is 5.50. The van der Waals surface area contributed by atoms with Gasteiger partial charge in [-0.15, -0.1) is 0 Å². The number of rotatable bonds is 5. The van der Waals surface area contributed by atoms with Crippen molar-refractivity contribution in [1.29, 1.82) is 5.26 Å².